The van der Waals surface area contributed by atoms with Crippen LogP contribution < -0.4 is 16.4 Å². The van der Waals surface area contributed by atoms with E-state index in [1.54, 1.807) is 0 Å². The highest BCUT2D eigenvalue weighted by Crippen LogP contribution is 2.27. The van der Waals surface area contributed by atoms with Gasteiger partial charge in [0.15, 0.2) is 0 Å². The number of hydrogen-bond donors (Lipinski definition) is 3. The average Bonchev–Trinajstić information content (AvgIpc) is 2.71. The van der Waals surface area contributed by atoms with E-state index >= 15 is 0 Å². The van der Waals surface area contributed by atoms with Crippen LogP contribution in [0.3, 0.4) is 0 Å². The summed E-state index contributed by atoms with van der Waals surface area (Å²) in [6.45, 7) is 11.7. The lowest BCUT2D eigenvalue weighted by Gasteiger charge is -2.23. The van der Waals surface area contributed by atoms with Gasteiger partial charge in [-0.2, -0.15) is 0 Å². The predicted octanol–water partition coefficient (Wildman–Crippen LogP) is 5.70. The van der Waals surface area contributed by atoms with Gasteiger partial charge in [-0.15, -0.1) is 0 Å². The Labute approximate surface area is 169 Å². The smallest absolute Gasteiger partial charge is 0.0485 e. The fraction of sp³-hybridized carbons (Fsp3) is 0.200. The fourth-order valence-electron chi connectivity index (χ4n) is 3.09. The van der Waals surface area contributed by atoms with Crippen molar-refractivity contribution in [1.29, 1.82) is 0 Å². The van der Waals surface area contributed by atoms with Gasteiger partial charge in [-0.05, 0) is 44.2 Å². The van der Waals surface area contributed by atoms with Crippen LogP contribution in [0.5, 0.6) is 0 Å². The van der Waals surface area contributed by atoms with Crippen LogP contribution >= 0.6 is 0 Å². The molecule has 0 spiro atoms. The molecule has 3 nitrogen and oxygen atoms in total. The average molecular weight is 374 g/mol. The van der Waals surface area contributed by atoms with E-state index in [4.69, 9.17) is 0 Å². The van der Waals surface area contributed by atoms with Crippen LogP contribution in [0.2, 0.25) is 0 Å². The molecule has 0 amide bonds. The van der Waals surface area contributed by atoms with Crippen LogP contribution in [-0.2, 0) is 0 Å². The van der Waals surface area contributed by atoms with Gasteiger partial charge in [-0.25, -0.2) is 0 Å². The van der Waals surface area contributed by atoms with Crippen LogP contribution in [0.15, 0.2) is 92.2 Å². The Bertz CT molecular complexity index is 834. The largest absolute Gasteiger partial charge is 0.405 e. The zero-order chi connectivity index (χ0) is 20.4. The van der Waals surface area contributed by atoms with Crippen molar-refractivity contribution in [2.45, 2.75) is 32.4 Å². The molecule has 3 rings (SSSR count). The lowest BCUT2D eigenvalue weighted by atomic mass is 10.0. The zero-order valence-electron chi connectivity index (χ0n) is 16.9. The topological polar surface area (TPSA) is 50.1 Å². The van der Waals surface area contributed by atoms with Gasteiger partial charge >= 0.3 is 0 Å². The second-order valence-corrected chi connectivity index (χ2v) is 6.84. The highest BCUT2D eigenvalue weighted by atomic mass is 15.0. The number of benzene rings is 2. The molecule has 0 aromatic heterocycles. The molecule has 1 aliphatic carbocycles. The third-order valence-corrected chi connectivity index (χ3v) is 4.51. The number of nitrogens with one attached hydrogen (secondary N) is 2. The van der Waals surface area contributed by atoms with E-state index < -0.39 is 0 Å². The maximum absolute atomic E-state index is 4.61. The molecule has 2 aromatic rings. The summed E-state index contributed by atoms with van der Waals surface area (Å²) >= 11 is 0. The van der Waals surface area contributed by atoms with Crippen molar-refractivity contribution in [3.05, 3.63) is 109 Å². The summed E-state index contributed by atoms with van der Waals surface area (Å²) in [7, 11) is 0. The molecule has 0 aliphatic heterocycles. The molecule has 0 heterocycles. The minimum absolute atomic E-state index is 0.208. The summed E-state index contributed by atoms with van der Waals surface area (Å²) in [6.07, 6.45) is 10.8. The second kappa shape index (κ2) is 10.8. The van der Waals surface area contributed by atoms with Crippen molar-refractivity contribution in [2.24, 2.45) is 5.73 Å². The summed E-state index contributed by atoms with van der Waals surface area (Å²) in [5.74, 6) is 0. The first-order valence-corrected chi connectivity index (χ1v) is 9.59. The molecule has 2 atom stereocenters. The number of aryl methyl sites for hydroxylation is 1. The molecule has 0 radical (unpaired) electrons. The highest BCUT2D eigenvalue weighted by Gasteiger charge is 2.13. The third kappa shape index (κ3) is 6.20. The molecule has 2 aromatic carbocycles. The molecule has 0 fully saturated rings. The predicted molar refractivity (Wildman–Crippen MR) is 123 cm³/mol. The molecule has 3 heteroatoms. The van der Waals surface area contributed by atoms with Crippen LogP contribution in [0.4, 0.5) is 5.69 Å². The normalized spacial score (nSPS) is 15.7. The summed E-state index contributed by atoms with van der Waals surface area (Å²) in [5, 5.41) is 7.18. The summed E-state index contributed by atoms with van der Waals surface area (Å²) in [4.78, 5) is 0. The maximum atomic E-state index is 4.61. The molecule has 0 saturated carbocycles. The highest BCUT2D eigenvalue weighted by molar-refractivity contribution is 5.75. The van der Waals surface area contributed by atoms with Crippen molar-refractivity contribution < 1.29 is 0 Å². The number of allylic oxidation sites excluding steroid dienone is 2. The quantitative estimate of drug-likeness (QED) is 0.608. The van der Waals surface area contributed by atoms with E-state index in [0.29, 0.717) is 6.04 Å². The van der Waals surface area contributed by atoms with Gasteiger partial charge < -0.3 is 16.4 Å². The monoisotopic (exact) mass is 373 g/mol. The SMILES string of the molecule is C=C(NC(C)c1ccccc1)c1cc(C)ccc1NC1C=CC=CC1.C=CN. The van der Waals surface area contributed by atoms with Gasteiger partial charge in [0.05, 0.1) is 0 Å². The van der Waals surface area contributed by atoms with Crippen LogP contribution in [-0.4, -0.2) is 6.04 Å². The minimum atomic E-state index is 0.208. The number of anilines is 1. The van der Waals surface area contributed by atoms with Gasteiger partial charge in [0.1, 0.15) is 0 Å². The molecule has 0 saturated heterocycles. The van der Waals surface area contributed by atoms with E-state index in [2.05, 4.69) is 110 Å². The first kappa shape index (κ1) is 21.1. The van der Waals surface area contributed by atoms with Crippen molar-refractivity contribution in [1.82, 2.24) is 5.32 Å². The van der Waals surface area contributed by atoms with Crippen molar-refractivity contribution >= 4 is 11.4 Å². The summed E-state index contributed by atoms with van der Waals surface area (Å²) in [6, 6.07) is 17.5. The standard InChI is InChI=1S/C23H26N2.C2H5N/c1-17-14-15-23(25-21-12-8-5-9-13-21)22(16-17)19(3)24-18(2)20-10-6-4-7-11-20;1-2-3/h4-12,14-16,18,21,24-25H,3,13H2,1-2H3;2H,1,3H2. The molecule has 2 unspecified atom stereocenters. The minimum Gasteiger partial charge on any atom is -0.405 e. The third-order valence-electron chi connectivity index (χ3n) is 4.51. The zero-order valence-corrected chi connectivity index (χ0v) is 16.9. The Hall–Kier alpha value is -3.20. The Morgan fingerprint density at radius 1 is 1.18 bits per heavy atom. The number of nitrogens with two attached hydrogens (primary N) is 1. The summed E-state index contributed by atoms with van der Waals surface area (Å²) in [5.41, 5.74) is 10.3. The van der Waals surface area contributed by atoms with Crippen LogP contribution in [0, 0.1) is 6.92 Å². The number of rotatable bonds is 6. The van der Waals surface area contributed by atoms with Crippen molar-refractivity contribution in [3.8, 4) is 0 Å². The first-order valence-electron chi connectivity index (χ1n) is 9.59. The molecular formula is C25H31N3. The van der Waals surface area contributed by atoms with Crippen LogP contribution in [0.1, 0.15) is 36.1 Å². The lowest BCUT2D eigenvalue weighted by molar-refractivity contribution is 0.702. The van der Waals surface area contributed by atoms with Gasteiger partial charge in [-0.3, -0.25) is 0 Å². The van der Waals surface area contributed by atoms with E-state index in [0.717, 1.165) is 23.4 Å². The summed E-state index contributed by atoms with van der Waals surface area (Å²) < 4.78 is 0. The first-order chi connectivity index (χ1) is 13.5. The van der Waals surface area contributed by atoms with Crippen molar-refractivity contribution in [3.63, 3.8) is 0 Å². The fourth-order valence-corrected chi connectivity index (χ4v) is 3.09. The van der Waals surface area contributed by atoms with E-state index in [1.807, 2.05) is 6.07 Å². The number of hydrogen-bond acceptors (Lipinski definition) is 3. The Morgan fingerprint density at radius 3 is 2.54 bits per heavy atom. The second-order valence-electron chi connectivity index (χ2n) is 6.84. The van der Waals surface area contributed by atoms with E-state index in [1.165, 1.54) is 17.3 Å². The molecule has 1 aliphatic rings. The molecule has 146 valence electrons. The maximum Gasteiger partial charge on any atom is 0.0485 e. The Kier molecular flexibility index (Phi) is 8.16. The molecular weight excluding hydrogens is 342 g/mol. The van der Waals surface area contributed by atoms with Gasteiger partial charge in [-0.1, -0.05) is 79.4 Å². The molecule has 0 bridgehead atoms. The van der Waals surface area contributed by atoms with Gasteiger partial charge in [0.25, 0.3) is 0 Å². The Morgan fingerprint density at radius 2 is 1.89 bits per heavy atom. The van der Waals surface area contributed by atoms with E-state index in [-0.39, 0.29) is 6.04 Å². The van der Waals surface area contributed by atoms with Crippen molar-refractivity contribution in [2.75, 3.05) is 5.32 Å². The van der Waals surface area contributed by atoms with Crippen LogP contribution in [0.25, 0.3) is 5.70 Å². The lowest BCUT2D eigenvalue weighted by Crippen LogP contribution is -2.21. The molecule has 4 N–H and O–H groups in total. The Balaban J connectivity index is 0.000000878. The van der Waals surface area contributed by atoms with E-state index in [9.17, 15) is 0 Å². The van der Waals surface area contributed by atoms with Gasteiger partial charge in [0, 0.05) is 29.0 Å². The molecule has 28 heavy (non-hydrogen) atoms. The van der Waals surface area contributed by atoms with Gasteiger partial charge in [0.2, 0.25) is 0 Å².